The Bertz CT molecular complexity index is 1220. The number of carbonyl (C=O) groups excluding carboxylic acids is 1. The van der Waals surface area contributed by atoms with E-state index >= 15 is 0 Å². The first-order valence-corrected chi connectivity index (χ1v) is 11.3. The summed E-state index contributed by atoms with van der Waals surface area (Å²) in [5, 5.41) is 12.6. The largest absolute Gasteiger partial charge is 0.467 e. The van der Waals surface area contributed by atoms with E-state index in [0.717, 1.165) is 11.4 Å². The molecule has 0 aliphatic rings. The van der Waals surface area contributed by atoms with Crippen LogP contribution in [0.1, 0.15) is 33.3 Å². The van der Waals surface area contributed by atoms with Gasteiger partial charge in [-0.1, -0.05) is 40.2 Å². The van der Waals surface area contributed by atoms with Gasteiger partial charge in [0.1, 0.15) is 5.76 Å². The van der Waals surface area contributed by atoms with E-state index in [4.69, 9.17) is 27.6 Å². The lowest BCUT2D eigenvalue weighted by atomic mass is 10.2. The molecule has 164 valence electrons. The molecular formula is C21H18Cl2N6O2S. The van der Waals surface area contributed by atoms with E-state index in [1.165, 1.54) is 11.8 Å². The highest BCUT2D eigenvalue weighted by Crippen LogP contribution is 2.26. The normalized spacial score (nSPS) is 11.0. The topological polar surface area (TPSA) is 98.7 Å². The number of nitrogens with zero attached hydrogens (tertiary/aromatic N) is 5. The Labute approximate surface area is 198 Å². The minimum atomic E-state index is -0.377. The molecule has 0 aliphatic heterocycles. The molecule has 0 fully saturated rings. The average molecular weight is 489 g/mol. The Morgan fingerprint density at radius 2 is 1.84 bits per heavy atom. The molecule has 0 spiro atoms. The number of hydrogen-bond donors (Lipinski definition) is 1. The number of rotatable bonds is 7. The molecule has 1 aromatic carbocycles. The average Bonchev–Trinajstić information content (AvgIpc) is 3.39. The van der Waals surface area contributed by atoms with Crippen molar-refractivity contribution in [1.82, 2.24) is 30.3 Å². The number of furan rings is 1. The van der Waals surface area contributed by atoms with E-state index in [0.29, 0.717) is 38.1 Å². The number of aromatic nitrogens is 5. The first-order valence-electron chi connectivity index (χ1n) is 9.56. The van der Waals surface area contributed by atoms with Gasteiger partial charge in [-0.05, 0) is 50.2 Å². The van der Waals surface area contributed by atoms with Crippen LogP contribution in [-0.2, 0) is 12.3 Å². The fourth-order valence-corrected chi connectivity index (χ4v) is 4.49. The van der Waals surface area contributed by atoms with E-state index in [1.807, 2.05) is 19.9 Å². The van der Waals surface area contributed by atoms with Crippen LogP contribution in [0.3, 0.4) is 0 Å². The second kappa shape index (κ2) is 9.72. The highest BCUT2D eigenvalue weighted by Gasteiger charge is 2.22. The second-order valence-corrected chi connectivity index (χ2v) is 8.72. The van der Waals surface area contributed by atoms with Crippen LogP contribution in [-0.4, -0.2) is 30.9 Å². The molecule has 0 radical (unpaired) electrons. The zero-order valence-corrected chi connectivity index (χ0v) is 19.5. The van der Waals surface area contributed by atoms with Crippen LogP contribution in [0.5, 0.6) is 0 Å². The van der Waals surface area contributed by atoms with Crippen molar-refractivity contribution in [1.29, 1.82) is 0 Å². The van der Waals surface area contributed by atoms with Crippen LogP contribution in [0, 0.1) is 13.8 Å². The molecule has 32 heavy (non-hydrogen) atoms. The van der Waals surface area contributed by atoms with Crippen LogP contribution >= 0.6 is 35.0 Å². The zero-order valence-electron chi connectivity index (χ0n) is 17.2. The van der Waals surface area contributed by atoms with Crippen molar-refractivity contribution in [3.63, 3.8) is 0 Å². The maximum absolute atomic E-state index is 12.9. The predicted octanol–water partition coefficient (Wildman–Crippen LogP) is 4.80. The van der Waals surface area contributed by atoms with Crippen LogP contribution in [0.15, 0.2) is 52.2 Å². The molecule has 4 rings (SSSR count). The fraction of sp³-hybridized carbons (Fsp3) is 0.190. The number of halogens is 2. The van der Waals surface area contributed by atoms with Gasteiger partial charge in [-0.3, -0.25) is 4.79 Å². The van der Waals surface area contributed by atoms with Gasteiger partial charge in [-0.25, -0.2) is 14.6 Å². The number of nitrogens with one attached hydrogen (secondary N) is 1. The van der Waals surface area contributed by atoms with E-state index in [1.54, 1.807) is 41.3 Å². The molecule has 0 aliphatic carbocycles. The number of carbonyl (C=O) groups is 1. The van der Waals surface area contributed by atoms with Crippen molar-refractivity contribution in [3.8, 4) is 5.69 Å². The molecule has 0 saturated carbocycles. The van der Waals surface area contributed by atoms with Gasteiger partial charge in [0.15, 0.2) is 10.9 Å². The maximum atomic E-state index is 12.9. The molecule has 1 N–H and O–H groups in total. The highest BCUT2D eigenvalue weighted by atomic mass is 35.5. The summed E-state index contributed by atoms with van der Waals surface area (Å²) in [7, 11) is 0. The minimum Gasteiger partial charge on any atom is -0.467 e. The van der Waals surface area contributed by atoms with Crippen molar-refractivity contribution in [2.75, 3.05) is 0 Å². The van der Waals surface area contributed by atoms with E-state index in [-0.39, 0.29) is 18.1 Å². The number of amides is 1. The Hall–Kier alpha value is -2.88. The summed E-state index contributed by atoms with van der Waals surface area (Å²) >= 11 is 13.7. The quantitative estimate of drug-likeness (QED) is 0.294. The van der Waals surface area contributed by atoms with Crippen LogP contribution in [0.2, 0.25) is 10.0 Å². The summed E-state index contributed by atoms with van der Waals surface area (Å²) in [6.07, 6.45) is 1.55. The first-order chi connectivity index (χ1) is 15.4. The standard InChI is InChI=1S/C21H18Cl2N6O2S/c1-12-6-13(2)26-21(25-12)32-11-18-19(20(30)24-10-17-4-3-5-31-17)27-28-29(18)16-8-14(22)7-15(23)9-16/h3-9H,10-11H2,1-2H3,(H,24,30). The lowest BCUT2D eigenvalue weighted by molar-refractivity contribution is 0.0942. The predicted molar refractivity (Wildman–Crippen MR) is 122 cm³/mol. The molecule has 11 heteroatoms. The third kappa shape index (κ3) is 5.29. The summed E-state index contributed by atoms with van der Waals surface area (Å²) in [6.45, 7) is 4.05. The maximum Gasteiger partial charge on any atom is 0.274 e. The lowest BCUT2D eigenvalue weighted by Crippen LogP contribution is -2.24. The Kier molecular flexibility index (Phi) is 6.78. The van der Waals surface area contributed by atoms with Crippen molar-refractivity contribution >= 4 is 40.9 Å². The van der Waals surface area contributed by atoms with Gasteiger partial charge in [0.25, 0.3) is 5.91 Å². The molecule has 0 bridgehead atoms. The number of hydrogen-bond acceptors (Lipinski definition) is 7. The molecule has 0 unspecified atom stereocenters. The van der Waals surface area contributed by atoms with Crippen LogP contribution < -0.4 is 5.32 Å². The number of benzene rings is 1. The SMILES string of the molecule is Cc1cc(C)nc(SCc2c(C(=O)NCc3ccco3)nnn2-c2cc(Cl)cc(Cl)c2)n1. The summed E-state index contributed by atoms with van der Waals surface area (Å²) in [4.78, 5) is 21.8. The monoisotopic (exact) mass is 488 g/mol. The van der Waals surface area contributed by atoms with Gasteiger partial charge in [-0.15, -0.1) is 5.10 Å². The number of aryl methyl sites for hydroxylation is 2. The van der Waals surface area contributed by atoms with Crippen LogP contribution in [0.4, 0.5) is 0 Å². The Morgan fingerprint density at radius 1 is 1.12 bits per heavy atom. The van der Waals surface area contributed by atoms with Gasteiger partial charge >= 0.3 is 0 Å². The first kappa shape index (κ1) is 22.3. The molecule has 3 heterocycles. The van der Waals surface area contributed by atoms with Gasteiger partial charge in [-0.2, -0.15) is 0 Å². The smallest absolute Gasteiger partial charge is 0.274 e. The molecule has 4 aromatic rings. The Balaban J connectivity index is 1.66. The Morgan fingerprint density at radius 3 is 2.50 bits per heavy atom. The van der Waals surface area contributed by atoms with Gasteiger partial charge < -0.3 is 9.73 Å². The van der Waals surface area contributed by atoms with Gasteiger partial charge in [0, 0.05) is 27.2 Å². The van der Waals surface area contributed by atoms with E-state index < -0.39 is 0 Å². The van der Waals surface area contributed by atoms with Crippen molar-refractivity contribution < 1.29 is 9.21 Å². The summed E-state index contributed by atoms with van der Waals surface area (Å²) in [5.41, 5.74) is 3.07. The molecule has 1 amide bonds. The lowest BCUT2D eigenvalue weighted by Gasteiger charge is -2.09. The fourth-order valence-electron chi connectivity index (χ4n) is 3.03. The third-order valence-corrected chi connectivity index (χ3v) is 5.67. The van der Waals surface area contributed by atoms with Crippen LogP contribution in [0.25, 0.3) is 5.69 Å². The van der Waals surface area contributed by atoms with Crippen molar-refractivity contribution in [2.24, 2.45) is 0 Å². The summed E-state index contributed by atoms with van der Waals surface area (Å²) in [6, 6.07) is 10.5. The summed E-state index contributed by atoms with van der Waals surface area (Å²) < 4.78 is 6.82. The van der Waals surface area contributed by atoms with Crippen molar-refractivity contribution in [3.05, 3.63) is 81.2 Å². The van der Waals surface area contributed by atoms with E-state index in [9.17, 15) is 4.79 Å². The third-order valence-electron chi connectivity index (χ3n) is 4.37. The van der Waals surface area contributed by atoms with E-state index in [2.05, 4.69) is 25.6 Å². The summed E-state index contributed by atoms with van der Waals surface area (Å²) in [5.74, 6) is 0.605. The number of thioether (sulfide) groups is 1. The van der Waals surface area contributed by atoms with Gasteiger partial charge in [0.05, 0.1) is 24.2 Å². The minimum absolute atomic E-state index is 0.185. The molecule has 8 nitrogen and oxygen atoms in total. The second-order valence-electron chi connectivity index (χ2n) is 6.91. The van der Waals surface area contributed by atoms with Crippen molar-refractivity contribution in [2.45, 2.75) is 31.3 Å². The molecular weight excluding hydrogens is 471 g/mol. The molecule has 0 saturated heterocycles. The molecule has 3 aromatic heterocycles. The highest BCUT2D eigenvalue weighted by molar-refractivity contribution is 7.98. The molecule has 0 atom stereocenters. The van der Waals surface area contributed by atoms with Gasteiger partial charge in [0.2, 0.25) is 0 Å². The zero-order chi connectivity index (χ0) is 22.7.